The number of ether oxygens (including phenoxy) is 1. The van der Waals surface area contributed by atoms with Crippen molar-refractivity contribution in [2.24, 2.45) is 7.05 Å². The van der Waals surface area contributed by atoms with Gasteiger partial charge in [-0.1, -0.05) is 0 Å². The van der Waals surface area contributed by atoms with Crippen LogP contribution >= 0.6 is 0 Å². The summed E-state index contributed by atoms with van der Waals surface area (Å²) in [6.45, 7) is 0.949. The summed E-state index contributed by atoms with van der Waals surface area (Å²) in [4.78, 5) is 4.22. The Labute approximate surface area is 66.0 Å². The van der Waals surface area contributed by atoms with Crippen LogP contribution in [0, 0.1) is 0 Å². The van der Waals surface area contributed by atoms with E-state index in [1.807, 2.05) is 19.4 Å². The van der Waals surface area contributed by atoms with Crippen LogP contribution in [0.1, 0.15) is 12.2 Å². The number of hydrogen-bond donors (Lipinski definition) is 0. The Bertz CT molecular complexity index is 240. The maximum absolute atomic E-state index is 5.11. The second-order valence-corrected chi connectivity index (χ2v) is 2.95. The third-order valence-corrected chi connectivity index (χ3v) is 2.01. The lowest BCUT2D eigenvalue weighted by molar-refractivity contribution is 0.394. The Morgan fingerprint density at radius 3 is 3.18 bits per heavy atom. The Kier molecular flexibility index (Phi) is 1.66. The van der Waals surface area contributed by atoms with Crippen molar-refractivity contribution in [3.63, 3.8) is 0 Å². The van der Waals surface area contributed by atoms with Crippen LogP contribution in [0.25, 0.3) is 0 Å². The molecule has 1 aliphatic heterocycles. The number of nitrogens with zero attached hydrogens (tertiary/aromatic N) is 2. The first-order valence-corrected chi connectivity index (χ1v) is 3.94. The van der Waals surface area contributed by atoms with Crippen LogP contribution in [-0.4, -0.2) is 22.3 Å². The van der Waals surface area contributed by atoms with Crippen LogP contribution in [0.15, 0.2) is 12.4 Å². The van der Waals surface area contributed by atoms with E-state index in [1.54, 1.807) is 0 Å². The molecule has 3 heteroatoms. The number of hydrogen-bond acceptors (Lipinski definition) is 2. The topological polar surface area (TPSA) is 30.4 Å². The summed E-state index contributed by atoms with van der Waals surface area (Å²) in [5.41, 5.74) is 0. The molecule has 0 bridgehead atoms. The average molecular weight is 152 g/mol. The summed E-state index contributed by atoms with van der Waals surface area (Å²) < 4.78 is 7.17. The number of epoxide rings is 1. The van der Waals surface area contributed by atoms with Crippen LogP contribution < -0.4 is 0 Å². The van der Waals surface area contributed by atoms with E-state index >= 15 is 0 Å². The van der Waals surface area contributed by atoms with E-state index in [4.69, 9.17) is 4.74 Å². The Hall–Kier alpha value is -0.830. The van der Waals surface area contributed by atoms with Crippen LogP contribution in [0.5, 0.6) is 0 Å². The molecule has 1 aliphatic rings. The maximum atomic E-state index is 5.11. The molecule has 1 aromatic heterocycles. The van der Waals surface area contributed by atoms with Gasteiger partial charge in [-0.3, -0.25) is 0 Å². The first-order valence-electron chi connectivity index (χ1n) is 3.94. The second-order valence-electron chi connectivity index (χ2n) is 2.95. The molecule has 0 radical (unpaired) electrons. The van der Waals surface area contributed by atoms with Crippen LogP contribution in [0.3, 0.4) is 0 Å². The SMILES string of the molecule is Cn1ccnc1CCC1CO1. The van der Waals surface area contributed by atoms with Gasteiger partial charge in [0.05, 0.1) is 12.7 Å². The van der Waals surface area contributed by atoms with Gasteiger partial charge in [0.25, 0.3) is 0 Å². The second kappa shape index (κ2) is 2.66. The molecule has 60 valence electrons. The van der Waals surface area contributed by atoms with E-state index < -0.39 is 0 Å². The molecule has 1 unspecified atom stereocenters. The molecule has 2 heterocycles. The zero-order chi connectivity index (χ0) is 7.68. The molecular weight excluding hydrogens is 140 g/mol. The zero-order valence-electron chi connectivity index (χ0n) is 6.66. The minimum Gasteiger partial charge on any atom is -0.373 e. The molecule has 0 amide bonds. The summed E-state index contributed by atoms with van der Waals surface area (Å²) in [6, 6.07) is 0. The highest BCUT2D eigenvalue weighted by molar-refractivity contribution is 4.92. The van der Waals surface area contributed by atoms with Gasteiger partial charge in [-0.25, -0.2) is 4.98 Å². The lowest BCUT2D eigenvalue weighted by atomic mass is 10.2. The van der Waals surface area contributed by atoms with E-state index in [0.29, 0.717) is 6.10 Å². The third-order valence-electron chi connectivity index (χ3n) is 2.01. The number of aryl methyl sites for hydroxylation is 2. The molecule has 0 saturated carbocycles. The van der Waals surface area contributed by atoms with Crippen molar-refractivity contribution < 1.29 is 4.74 Å². The highest BCUT2D eigenvalue weighted by atomic mass is 16.6. The van der Waals surface area contributed by atoms with Crippen molar-refractivity contribution in [1.29, 1.82) is 0 Å². The predicted molar refractivity (Wildman–Crippen MR) is 41.3 cm³/mol. The molecule has 1 aromatic rings. The molecule has 1 saturated heterocycles. The van der Waals surface area contributed by atoms with Gasteiger partial charge in [-0.15, -0.1) is 0 Å². The summed E-state index contributed by atoms with van der Waals surface area (Å²) in [5, 5.41) is 0. The molecule has 0 spiro atoms. The van der Waals surface area contributed by atoms with Crippen molar-refractivity contribution in [2.45, 2.75) is 18.9 Å². The standard InChI is InChI=1S/C8H12N2O/c1-10-5-4-9-8(10)3-2-7-6-11-7/h4-5,7H,2-3,6H2,1H3. The Balaban J connectivity index is 1.89. The van der Waals surface area contributed by atoms with E-state index in [-0.39, 0.29) is 0 Å². The smallest absolute Gasteiger partial charge is 0.108 e. The van der Waals surface area contributed by atoms with E-state index in [9.17, 15) is 0 Å². The molecule has 0 aliphatic carbocycles. The molecule has 3 nitrogen and oxygen atoms in total. The van der Waals surface area contributed by atoms with Crippen molar-refractivity contribution >= 4 is 0 Å². The number of rotatable bonds is 3. The molecule has 1 fully saturated rings. The lowest BCUT2D eigenvalue weighted by Gasteiger charge is -1.97. The molecule has 2 rings (SSSR count). The summed E-state index contributed by atoms with van der Waals surface area (Å²) >= 11 is 0. The minimum atomic E-state index is 0.520. The highest BCUT2D eigenvalue weighted by Gasteiger charge is 2.22. The Morgan fingerprint density at radius 1 is 1.82 bits per heavy atom. The summed E-state index contributed by atoms with van der Waals surface area (Å²) in [5.74, 6) is 1.15. The molecule has 0 N–H and O–H groups in total. The van der Waals surface area contributed by atoms with Crippen LogP contribution in [0.4, 0.5) is 0 Å². The zero-order valence-corrected chi connectivity index (χ0v) is 6.66. The monoisotopic (exact) mass is 152 g/mol. The first-order chi connectivity index (χ1) is 5.36. The van der Waals surface area contributed by atoms with Crippen molar-refractivity contribution in [3.8, 4) is 0 Å². The summed E-state index contributed by atoms with van der Waals surface area (Å²) in [6.07, 6.45) is 6.48. The average Bonchev–Trinajstić information content (AvgIpc) is 2.73. The van der Waals surface area contributed by atoms with Crippen molar-refractivity contribution in [2.75, 3.05) is 6.61 Å². The summed E-state index contributed by atoms with van der Waals surface area (Å²) in [7, 11) is 2.02. The van der Waals surface area contributed by atoms with Gasteiger partial charge in [0.15, 0.2) is 0 Å². The molecule has 1 atom stereocenters. The fraction of sp³-hybridized carbons (Fsp3) is 0.625. The van der Waals surface area contributed by atoms with E-state index in [2.05, 4.69) is 9.55 Å². The fourth-order valence-corrected chi connectivity index (χ4v) is 1.16. The molecular formula is C8H12N2O. The largest absolute Gasteiger partial charge is 0.373 e. The fourth-order valence-electron chi connectivity index (χ4n) is 1.16. The van der Waals surface area contributed by atoms with Crippen molar-refractivity contribution in [1.82, 2.24) is 9.55 Å². The van der Waals surface area contributed by atoms with Gasteiger partial charge in [0, 0.05) is 25.9 Å². The Morgan fingerprint density at radius 2 is 2.64 bits per heavy atom. The van der Waals surface area contributed by atoms with Crippen LogP contribution in [0.2, 0.25) is 0 Å². The predicted octanol–water partition coefficient (Wildman–Crippen LogP) is 0.751. The maximum Gasteiger partial charge on any atom is 0.108 e. The van der Waals surface area contributed by atoms with Gasteiger partial charge in [-0.05, 0) is 6.42 Å². The van der Waals surface area contributed by atoms with Crippen LogP contribution in [-0.2, 0) is 18.2 Å². The highest BCUT2D eigenvalue weighted by Crippen LogP contribution is 2.15. The van der Waals surface area contributed by atoms with Gasteiger partial charge < -0.3 is 9.30 Å². The van der Waals surface area contributed by atoms with Gasteiger partial charge in [0.2, 0.25) is 0 Å². The third kappa shape index (κ3) is 1.60. The number of imidazole rings is 1. The van der Waals surface area contributed by atoms with Crippen molar-refractivity contribution in [3.05, 3.63) is 18.2 Å². The lowest BCUT2D eigenvalue weighted by Crippen LogP contribution is -1.99. The van der Waals surface area contributed by atoms with Gasteiger partial charge in [0.1, 0.15) is 5.82 Å². The first kappa shape index (κ1) is 6.85. The van der Waals surface area contributed by atoms with Gasteiger partial charge >= 0.3 is 0 Å². The quantitative estimate of drug-likeness (QED) is 0.598. The number of aromatic nitrogens is 2. The molecule has 0 aromatic carbocycles. The van der Waals surface area contributed by atoms with Gasteiger partial charge in [-0.2, -0.15) is 0 Å². The molecule has 11 heavy (non-hydrogen) atoms. The normalized spacial score (nSPS) is 22.1. The van der Waals surface area contributed by atoms with E-state index in [0.717, 1.165) is 25.3 Å². The minimum absolute atomic E-state index is 0.520. The van der Waals surface area contributed by atoms with E-state index in [1.165, 1.54) is 0 Å².